The lowest BCUT2D eigenvalue weighted by molar-refractivity contribution is -0.117. The number of para-hydroxylation sites is 1. The number of aromatic nitrogens is 2. The molecule has 0 bridgehead atoms. The van der Waals surface area contributed by atoms with Crippen LogP contribution in [0.2, 0.25) is 0 Å². The molecule has 0 atom stereocenters. The lowest BCUT2D eigenvalue weighted by Crippen LogP contribution is -2.40. The Kier molecular flexibility index (Phi) is 7.50. The van der Waals surface area contributed by atoms with Gasteiger partial charge in [0.05, 0.1) is 36.6 Å². The van der Waals surface area contributed by atoms with E-state index in [1.165, 1.54) is 24.9 Å². The SMILES string of the molecule is C=CCNC(=O)NC(=O)CSc1nc2ccccc2c(=O)n1-c1ccc(OC)c(OC)c1. The van der Waals surface area contributed by atoms with Gasteiger partial charge in [-0.15, -0.1) is 6.58 Å². The van der Waals surface area contributed by atoms with E-state index in [1.54, 1.807) is 42.5 Å². The van der Waals surface area contributed by atoms with E-state index in [-0.39, 0.29) is 17.9 Å². The first-order valence-corrected chi connectivity index (χ1v) is 10.5. The van der Waals surface area contributed by atoms with Crippen LogP contribution in [-0.4, -0.2) is 48.0 Å². The summed E-state index contributed by atoms with van der Waals surface area (Å²) in [5, 5.41) is 5.41. The van der Waals surface area contributed by atoms with Crippen molar-refractivity contribution in [1.29, 1.82) is 0 Å². The predicted octanol–water partition coefficient (Wildman–Crippen LogP) is 2.51. The molecule has 1 aromatic heterocycles. The van der Waals surface area contributed by atoms with E-state index in [0.29, 0.717) is 33.2 Å². The molecule has 10 heteroatoms. The molecule has 0 aliphatic heterocycles. The number of thioether (sulfide) groups is 1. The Morgan fingerprint density at radius 1 is 1.16 bits per heavy atom. The van der Waals surface area contributed by atoms with Crippen molar-refractivity contribution in [3.8, 4) is 17.2 Å². The van der Waals surface area contributed by atoms with Crippen LogP contribution in [-0.2, 0) is 4.79 Å². The number of carbonyl (C=O) groups excluding carboxylic acids is 2. The fraction of sp³-hybridized carbons (Fsp3) is 0.182. The number of urea groups is 1. The molecule has 9 nitrogen and oxygen atoms in total. The molecule has 32 heavy (non-hydrogen) atoms. The average molecular weight is 455 g/mol. The minimum absolute atomic E-state index is 0.125. The Morgan fingerprint density at radius 3 is 2.62 bits per heavy atom. The van der Waals surface area contributed by atoms with Crippen LogP contribution in [0.5, 0.6) is 11.5 Å². The van der Waals surface area contributed by atoms with Crippen LogP contribution in [0.4, 0.5) is 4.79 Å². The van der Waals surface area contributed by atoms with E-state index in [0.717, 1.165) is 11.8 Å². The fourth-order valence-electron chi connectivity index (χ4n) is 2.90. The second kappa shape index (κ2) is 10.5. The molecule has 3 aromatic rings. The van der Waals surface area contributed by atoms with Gasteiger partial charge in [0.25, 0.3) is 5.56 Å². The van der Waals surface area contributed by atoms with Crippen LogP contribution in [0, 0.1) is 0 Å². The quantitative estimate of drug-likeness (QED) is 0.306. The van der Waals surface area contributed by atoms with Gasteiger partial charge in [0.15, 0.2) is 16.7 Å². The molecule has 0 saturated heterocycles. The number of hydrogen-bond donors (Lipinski definition) is 2. The van der Waals surface area contributed by atoms with Gasteiger partial charge in [0.2, 0.25) is 5.91 Å². The number of rotatable bonds is 8. The summed E-state index contributed by atoms with van der Waals surface area (Å²) < 4.78 is 12.0. The number of nitrogens with zero attached hydrogens (tertiary/aromatic N) is 2. The molecule has 166 valence electrons. The molecule has 0 aliphatic rings. The zero-order chi connectivity index (χ0) is 23.1. The van der Waals surface area contributed by atoms with Crippen molar-refractivity contribution < 1.29 is 19.1 Å². The number of ether oxygens (including phenoxy) is 2. The average Bonchev–Trinajstić information content (AvgIpc) is 2.81. The lowest BCUT2D eigenvalue weighted by Gasteiger charge is -2.15. The Balaban J connectivity index is 1.98. The number of methoxy groups -OCH3 is 2. The highest BCUT2D eigenvalue weighted by Crippen LogP contribution is 2.30. The fourth-order valence-corrected chi connectivity index (χ4v) is 3.72. The van der Waals surface area contributed by atoms with Crippen molar-refractivity contribution in [2.45, 2.75) is 5.16 Å². The minimum Gasteiger partial charge on any atom is -0.493 e. The van der Waals surface area contributed by atoms with Crippen molar-refractivity contribution in [2.75, 3.05) is 26.5 Å². The van der Waals surface area contributed by atoms with Crippen LogP contribution in [0.3, 0.4) is 0 Å². The summed E-state index contributed by atoms with van der Waals surface area (Å²) in [6, 6.07) is 11.4. The summed E-state index contributed by atoms with van der Waals surface area (Å²) in [5.74, 6) is 0.298. The van der Waals surface area contributed by atoms with E-state index >= 15 is 0 Å². The minimum atomic E-state index is -0.626. The third-order valence-electron chi connectivity index (χ3n) is 4.36. The van der Waals surface area contributed by atoms with Gasteiger partial charge < -0.3 is 14.8 Å². The molecular weight excluding hydrogens is 432 g/mol. The van der Waals surface area contributed by atoms with Gasteiger partial charge in [-0.2, -0.15) is 0 Å². The highest BCUT2D eigenvalue weighted by molar-refractivity contribution is 7.99. The van der Waals surface area contributed by atoms with Crippen molar-refractivity contribution in [1.82, 2.24) is 20.2 Å². The van der Waals surface area contributed by atoms with Crippen molar-refractivity contribution in [3.63, 3.8) is 0 Å². The van der Waals surface area contributed by atoms with E-state index in [9.17, 15) is 14.4 Å². The largest absolute Gasteiger partial charge is 0.493 e. The molecule has 0 unspecified atom stereocenters. The maximum Gasteiger partial charge on any atom is 0.321 e. The Labute approximate surface area is 188 Å². The van der Waals surface area contributed by atoms with Gasteiger partial charge in [-0.25, -0.2) is 9.78 Å². The summed E-state index contributed by atoms with van der Waals surface area (Å²) in [6.07, 6.45) is 1.50. The molecule has 0 spiro atoms. The number of amides is 3. The Bertz CT molecular complexity index is 1220. The zero-order valence-electron chi connectivity index (χ0n) is 17.6. The maximum absolute atomic E-state index is 13.3. The van der Waals surface area contributed by atoms with Crippen LogP contribution < -0.4 is 25.7 Å². The third-order valence-corrected chi connectivity index (χ3v) is 5.30. The monoisotopic (exact) mass is 454 g/mol. The molecule has 0 fully saturated rings. The summed E-state index contributed by atoms with van der Waals surface area (Å²) in [5.41, 5.74) is 0.702. The molecule has 1 heterocycles. The van der Waals surface area contributed by atoms with E-state index in [1.807, 2.05) is 0 Å². The van der Waals surface area contributed by atoms with E-state index < -0.39 is 11.9 Å². The molecule has 0 saturated carbocycles. The molecule has 2 N–H and O–H groups in total. The highest BCUT2D eigenvalue weighted by Gasteiger charge is 2.17. The normalized spacial score (nSPS) is 10.4. The number of fused-ring (bicyclic) bond motifs is 1. The molecule has 0 aliphatic carbocycles. The second-order valence-electron chi connectivity index (χ2n) is 6.43. The van der Waals surface area contributed by atoms with Crippen LogP contribution >= 0.6 is 11.8 Å². The summed E-state index contributed by atoms with van der Waals surface area (Å²) in [4.78, 5) is 41.8. The first-order valence-electron chi connectivity index (χ1n) is 9.54. The predicted molar refractivity (Wildman–Crippen MR) is 123 cm³/mol. The Morgan fingerprint density at radius 2 is 1.91 bits per heavy atom. The van der Waals surface area contributed by atoms with Crippen molar-refractivity contribution in [3.05, 3.63) is 65.5 Å². The first kappa shape index (κ1) is 22.9. The van der Waals surface area contributed by atoms with Crippen LogP contribution in [0.1, 0.15) is 0 Å². The van der Waals surface area contributed by atoms with Crippen molar-refractivity contribution in [2.24, 2.45) is 0 Å². The van der Waals surface area contributed by atoms with Crippen molar-refractivity contribution >= 4 is 34.6 Å². The molecule has 3 rings (SSSR count). The molecule has 0 radical (unpaired) electrons. The summed E-state index contributed by atoms with van der Waals surface area (Å²) in [6.45, 7) is 3.73. The highest BCUT2D eigenvalue weighted by atomic mass is 32.2. The Hall–Kier alpha value is -3.79. The third kappa shape index (κ3) is 5.09. The van der Waals surface area contributed by atoms with Gasteiger partial charge in [-0.05, 0) is 24.3 Å². The number of benzene rings is 2. The number of imide groups is 1. The van der Waals surface area contributed by atoms with Gasteiger partial charge in [-0.1, -0.05) is 30.0 Å². The number of nitrogens with one attached hydrogen (secondary N) is 2. The van der Waals surface area contributed by atoms with Gasteiger partial charge in [-0.3, -0.25) is 19.5 Å². The standard InChI is InChI=1S/C22H22N4O5S/c1-4-11-23-21(29)25-19(27)13-32-22-24-16-8-6-5-7-15(16)20(28)26(22)14-9-10-17(30-2)18(12-14)31-3/h4-10,12H,1,11,13H2,2-3H3,(H2,23,25,27,29). The summed E-state index contributed by atoms with van der Waals surface area (Å²) in [7, 11) is 3.02. The molecule has 2 aromatic carbocycles. The van der Waals surface area contributed by atoms with Crippen LogP contribution in [0.15, 0.2) is 65.1 Å². The molecular formula is C22H22N4O5S. The maximum atomic E-state index is 13.3. The topological polar surface area (TPSA) is 112 Å². The van der Waals surface area contributed by atoms with Gasteiger partial charge in [0.1, 0.15) is 0 Å². The molecule has 3 amide bonds. The van der Waals surface area contributed by atoms with E-state index in [4.69, 9.17) is 9.47 Å². The van der Waals surface area contributed by atoms with Crippen LogP contribution in [0.25, 0.3) is 16.6 Å². The van der Waals surface area contributed by atoms with E-state index in [2.05, 4.69) is 22.2 Å². The summed E-state index contributed by atoms with van der Waals surface area (Å²) >= 11 is 1.04. The lowest BCUT2D eigenvalue weighted by atomic mass is 10.2. The number of hydrogen-bond acceptors (Lipinski definition) is 7. The number of carbonyl (C=O) groups is 2. The second-order valence-corrected chi connectivity index (χ2v) is 7.37. The smallest absolute Gasteiger partial charge is 0.321 e. The zero-order valence-corrected chi connectivity index (χ0v) is 18.4. The first-order chi connectivity index (χ1) is 15.5. The van der Waals surface area contributed by atoms with Gasteiger partial charge >= 0.3 is 6.03 Å². The van der Waals surface area contributed by atoms with Gasteiger partial charge in [0, 0.05) is 12.6 Å².